The van der Waals surface area contributed by atoms with Gasteiger partial charge in [0.1, 0.15) is 5.67 Å². The number of hydrogen-bond donors (Lipinski definition) is 0. The standard InChI is InChI=1S/C31H36F10N6O/c1-5-48-18-28(32)8-10-46(11-9-28)26(19(2)3)25-7-6-22(29(33,34)35)14-21(25)17-47(27-42-44-45(4)43-27)16-20-12-23(30(36,37)38)15-24(13-20)31(39,40)41/h6-7,12-15,19,26H,5,8-11,16-18H2,1-4H3/t26-/m0/s1. The average molecular weight is 699 g/mol. The van der Waals surface area contributed by atoms with Gasteiger partial charge in [-0.2, -0.15) is 44.3 Å². The van der Waals surface area contributed by atoms with Gasteiger partial charge in [0.2, 0.25) is 0 Å². The maximum absolute atomic E-state index is 15.4. The van der Waals surface area contributed by atoms with Gasteiger partial charge in [0.05, 0.1) is 30.3 Å². The highest BCUT2D eigenvalue weighted by Gasteiger charge is 2.40. The Balaban J connectivity index is 1.79. The van der Waals surface area contributed by atoms with E-state index in [1.54, 1.807) is 6.92 Å². The van der Waals surface area contributed by atoms with Gasteiger partial charge in [0, 0.05) is 38.8 Å². The molecular formula is C31H36F10N6O. The molecule has 1 fully saturated rings. The van der Waals surface area contributed by atoms with Crippen LogP contribution in [-0.2, 0) is 43.4 Å². The SMILES string of the molecule is CCOCC1(F)CCN([C@H](c2ccc(C(F)(F)F)cc2CN(Cc2cc(C(F)(F)F)cc(C(F)(F)F)c2)c2nnn(C)n2)C(C)C)CC1. The van der Waals surface area contributed by atoms with E-state index in [-0.39, 0.29) is 56.0 Å². The van der Waals surface area contributed by atoms with Crippen LogP contribution in [0, 0.1) is 5.92 Å². The van der Waals surface area contributed by atoms with Crippen LogP contribution in [0.25, 0.3) is 0 Å². The summed E-state index contributed by atoms with van der Waals surface area (Å²) in [6.07, 6.45) is -14.7. The Labute approximate surface area is 270 Å². The summed E-state index contributed by atoms with van der Waals surface area (Å²) in [4.78, 5) is 4.14. The molecule has 1 aliphatic rings. The Bertz CT molecular complexity index is 1490. The topological polar surface area (TPSA) is 59.3 Å². The number of piperidine rings is 1. The number of anilines is 1. The van der Waals surface area contributed by atoms with Crippen molar-refractivity contribution in [2.24, 2.45) is 13.0 Å². The van der Waals surface area contributed by atoms with Crippen molar-refractivity contribution in [1.29, 1.82) is 0 Å². The Kier molecular flexibility index (Phi) is 11.0. The van der Waals surface area contributed by atoms with Crippen molar-refractivity contribution in [3.05, 3.63) is 69.8 Å². The van der Waals surface area contributed by atoms with E-state index in [1.165, 1.54) is 18.0 Å². The molecule has 17 heteroatoms. The minimum atomic E-state index is -5.11. The maximum atomic E-state index is 15.4. The largest absolute Gasteiger partial charge is 0.416 e. The minimum Gasteiger partial charge on any atom is -0.378 e. The molecule has 7 nitrogen and oxygen atoms in total. The third-order valence-electron chi connectivity index (χ3n) is 8.24. The zero-order valence-corrected chi connectivity index (χ0v) is 26.6. The summed E-state index contributed by atoms with van der Waals surface area (Å²) in [6, 6.07) is 3.70. The first-order valence-electron chi connectivity index (χ1n) is 15.2. The molecule has 0 amide bonds. The summed E-state index contributed by atoms with van der Waals surface area (Å²) < 4.78 is 145. The molecule has 1 aromatic heterocycles. The number of halogens is 10. The third-order valence-corrected chi connectivity index (χ3v) is 8.24. The summed E-state index contributed by atoms with van der Waals surface area (Å²) in [5.74, 6) is -0.426. The molecule has 4 rings (SSSR count). The smallest absolute Gasteiger partial charge is 0.378 e. The lowest BCUT2D eigenvalue weighted by Gasteiger charge is -2.42. The molecule has 0 saturated carbocycles. The summed E-state index contributed by atoms with van der Waals surface area (Å²) in [5, 5.41) is 11.6. The fourth-order valence-electron chi connectivity index (χ4n) is 5.95. The van der Waals surface area contributed by atoms with Crippen molar-refractivity contribution in [1.82, 2.24) is 25.1 Å². The van der Waals surface area contributed by atoms with Gasteiger partial charge in [-0.25, -0.2) is 4.39 Å². The van der Waals surface area contributed by atoms with Gasteiger partial charge in [-0.1, -0.05) is 25.0 Å². The van der Waals surface area contributed by atoms with Crippen LogP contribution in [0.5, 0.6) is 0 Å². The van der Waals surface area contributed by atoms with Crippen LogP contribution in [0.2, 0.25) is 0 Å². The van der Waals surface area contributed by atoms with E-state index in [9.17, 15) is 39.5 Å². The zero-order valence-electron chi connectivity index (χ0n) is 26.6. The van der Waals surface area contributed by atoms with Crippen LogP contribution in [0.3, 0.4) is 0 Å². The quantitative estimate of drug-likeness (QED) is 0.189. The molecule has 0 aliphatic carbocycles. The fraction of sp³-hybridized carbons (Fsp3) is 0.581. The van der Waals surface area contributed by atoms with E-state index in [0.29, 0.717) is 24.3 Å². The molecule has 2 aromatic carbocycles. The van der Waals surface area contributed by atoms with Gasteiger partial charge >= 0.3 is 18.5 Å². The highest BCUT2D eigenvalue weighted by atomic mass is 19.4. The minimum absolute atomic E-state index is 0.00828. The van der Waals surface area contributed by atoms with Crippen LogP contribution in [-0.4, -0.2) is 57.1 Å². The Morgan fingerprint density at radius 2 is 1.44 bits per heavy atom. The number of aromatic nitrogens is 4. The molecule has 266 valence electrons. The van der Waals surface area contributed by atoms with Crippen molar-refractivity contribution >= 4 is 5.95 Å². The number of hydrogen-bond acceptors (Lipinski definition) is 6. The second-order valence-electron chi connectivity index (χ2n) is 12.3. The van der Waals surface area contributed by atoms with Gasteiger partial charge in [-0.3, -0.25) is 4.90 Å². The van der Waals surface area contributed by atoms with Gasteiger partial charge in [0.15, 0.2) is 0 Å². The molecular weight excluding hydrogens is 662 g/mol. The van der Waals surface area contributed by atoms with Gasteiger partial charge in [-0.05, 0) is 77.9 Å². The van der Waals surface area contributed by atoms with Crippen molar-refractivity contribution < 1.29 is 48.6 Å². The van der Waals surface area contributed by atoms with Crippen LogP contribution < -0.4 is 4.90 Å². The highest BCUT2D eigenvalue weighted by molar-refractivity contribution is 5.42. The van der Waals surface area contributed by atoms with E-state index in [4.69, 9.17) is 4.74 Å². The van der Waals surface area contributed by atoms with Gasteiger partial charge in [0.25, 0.3) is 5.95 Å². The molecule has 2 heterocycles. The molecule has 1 atom stereocenters. The molecule has 0 spiro atoms. The van der Waals surface area contributed by atoms with Crippen molar-refractivity contribution in [2.45, 2.75) is 76.9 Å². The fourth-order valence-corrected chi connectivity index (χ4v) is 5.95. The van der Waals surface area contributed by atoms with E-state index in [1.807, 2.05) is 18.7 Å². The normalized spacial score (nSPS) is 16.8. The van der Waals surface area contributed by atoms with E-state index >= 15 is 4.39 Å². The molecule has 0 N–H and O–H groups in total. The van der Waals surface area contributed by atoms with Crippen LogP contribution in [0.4, 0.5) is 49.9 Å². The zero-order chi connectivity index (χ0) is 35.7. The number of benzene rings is 2. The Morgan fingerprint density at radius 1 is 0.854 bits per heavy atom. The summed E-state index contributed by atoms with van der Waals surface area (Å²) >= 11 is 0. The van der Waals surface area contributed by atoms with E-state index in [2.05, 4.69) is 15.4 Å². The first-order valence-corrected chi connectivity index (χ1v) is 15.2. The second kappa shape index (κ2) is 14.2. The Hall–Kier alpha value is -3.47. The number of aryl methyl sites for hydroxylation is 1. The second-order valence-corrected chi connectivity index (χ2v) is 12.3. The predicted octanol–water partition coefficient (Wildman–Crippen LogP) is 8.01. The molecule has 0 bridgehead atoms. The number of ether oxygens (including phenoxy) is 1. The number of alkyl halides is 10. The van der Waals surface area contributed by atoms with E-state index < -0.39 is 65.6 Å². The number of tetrazole rings is 1. The monoisotopic (exact) mass is 698 g/mol. The number of likely N-dealkylation sites (tertiary alicyclic amines) is 1. The third kappa shape index (κ3) is 9.15. The molecule has 3 aromatic rings. The van der Waals surface area contributed by atoms with Crippen LogP contribution in [0.15, 0.2) is 36.4 Å². The number of nitrogens with zero attached hydrogens (tertiary/aromatic N) is 6. The average Bonchev–Trinajstić information content (AvgIpc) is 3.42. The number of rotatable bonds is 11. The van der Waals surface area contributed by atoms with Crippen molar-refractivity contribution in [2.75, 3.05) is 31.2 Å². The Morgan fingerprint density at radius 3 is 1.92 bits per heavy atom. The van der Waals surface area contributed by atoms with Crippen molar-refractivity contribution in [3.63, 3.8) is 0 Å². The molecule has 1 aliphatic heterocycles. The highest BCUT2D eigenvalue weighted by Crippen LogP contribution is 2.40. The summed E-state index contributed by atoms with van der Waals surface area (Å²) in [6.45, 7) is 5.19. The molecule has 0 radical (unpaired) electrons. The van der Waals surface area contributed by atoms with Gasteiger partial charge < -0.3 is 9.64 Å². The lowest BCUT2D eigenvalue weighted by atomic mass is 9.86. The molecule has 1 saturated heterocycles. The molecule has 0 unspecified atom stereocenters. The lowest BCUT2D eigenvalue weighted by molar-refractivity contribution is -0.143. The predicted molar refractivity (Wildman–Crippen MR) is 155 cm³/mol. The van der Waals surface area contributed by atoms with Gasteiger partial charge in [-0.15, -0.1) is 5.10 Å². The van der Waals surface area contributed by atoms with Crippen molar-refractivity contribution in [3.8, 4) is 0 Å². The first-order chi connectivity index (χ1) is 22.2. The van der Waals surface area contributed by atoms with Crippen LogP contribution in [0.1, 0.15) is 73.0 Å². The molecule has 48 heavy (non-hydrogen) atoms. The summed E-state index contributed by atoms with van der Waals surface area (Å²) in [5.41, 5.74) is -5.56. The lowest BCUT2D eigenvalue weighted by Crippen LogP contribution is -2.46. The van der Waals surface area contributed by atoms with E-state index in [0.717, 1.165) is 16.9 Å². The maximum Gasteiger partial charge on any atom is 0.416 e. The van der Waals surface area contributed by atoms with Crippen LogP contribution >= 0.6 is 0 Å². The summed E-state index contributed by atoms with van der Waals surface area (Å²) in [7, 11) is 1.37. The first kappa shape index (κ1) is 37.4.